The number of hydrogen-bond donors (Lipinski definition) is 2. The van der Waals surface area contributed by atoms with E-state index < -0.39 is 0 Å². The number of nitrogens with two attached hydrogens (primary N) is 1. The molecule has 0 amide bonds. The molecule has 2 rings (SSSR count). The van der Waals surface area contributed by atoms with E-state index in [0.717, 1.165) is 21.4 Å². The molecule has 1 aromatic carbocycles. The monoisotopic (exact) mass is 252 g/mol. The van der Waals surface area contributed by atoms with E-state index in [1.165, 1.54) is 5.56 Å². The van der Waals surface area contributed by atoms with Crippen LogP contribution in [0.3, 0.4) is 0 Å². The summed E-state index contributed by atoms with van der Waals surface area (Å²) in [6, 6.07) is 12.2. The van der Waals surface area contributed by atoms with Crippen LogP contribution in [0.1, 0.15) is 11.1 Å². The molecule has 1 aromatic heterocycles. The molecule has 2 nitrogen and oxygen atoms in total. The van der Waals surface area contributed by atoms with E-state index in [9.17, 15) is 0 Å². The van der Waals surface area contributed by atoms with Gasteiger partial charge >= 0.3 is 0 Å². The average molecular weight is 253 g/mol. The summed E-state index contributed by atoms with van der Waals surface area (Å²) in [7, 11) is 0. The Morgan fingerprint density at radius 1 is 1.06 bits per heavy atom. The minimum Gasteiger partial charge on any atom is -0.373 e. The van der Waals surface area contributed by atoms with Crippen molar-refractivity contribution in [1.82, 2.24) is 0 Å². The molecule has 16 heavy (non-hydrogen) atoms. The van der Waals surface area contributed by atoms with E-state index in [4.69, 9.17) is 17.3 Å². The number of thiophene rings is 1. The average Bonchev–Trinajstić information content (AvgIpc) is 2.73. The van der Waals surface area contributed by atoms with E-state index >= 15 is 0 Å². The van der Waals surface area contributed by atoms with Crippen LogP contribution in [0.2, 0.25) is 4.34 Å². The second-order valence-electron chi connectivity index (χ2n) is 3.48. The first-order chi connectivity index (χ1) is 7.78. The summed E-state index contributed by atoms with van der Waals surface area (Å²) in [4.78, 5) is 0. The van der Waals surface area contributed by atoms with Gasteiger partial charge in [-0.2, -0.15) is 0 Å². The summed E-state index contributed by atoms with van der Waals surface area (Å²) in [5.74, 6) is 0. The van der Waals surface area contributed by atoms with Crippen molar-refractivity contribution in [1.29, 1.82) is 0 Å². The number of nitrogens with one attached hydrogen (secondary N) is 1. The van der Waals surface area contributed by atoms with Crippen molar-refractivity contribution in [3.63, 3.8) is 0 Å². The first kappa shape index (κ1) is 11.5. The fourth-order valence-corrected chi connectivity index (χ4v) is 2.33. The van der Waals surface area contributed by atoms with Gasteiger partial charge in [0, 0.05) is 13.1 Å². The smallest absolute Gasteiger partial charge is 0.0950 e. The minimum absolute atomic E-state index is 0.592. The van der Waals surface area contributed by atoms with E-state index in [0.29, 0.717) is 6.54 Å². The van der Waals surface area contributed by atoms with Gasteiger partial charge in [0.25, 0.3) is 0 Å². The second kappa shape index (κ2) is 5.34. The molecule has 1 heterocycles. The SMILES string of the molecule is NCc1ccc(CNc2ccc(Cl)s2)cc1. The summed E-state index contributed by atoms with van der Waals surface area (Å²) in [6.45, 7) is 1.40. The molecule has 0 aliphatic carbocycles. The summed E-state index contributed by atoms with van der Waals surface area (Å²) in [5.41, 5.74) is 7.93. The molecule has 0 atom stereocenters. The Morgan fingerprint density at radius 2 is 1.75 bits per heavy atom. The lowest BCUT2D eigenvalue weighted by Crippen LogP contribution is -1.99. The van der Waals surface area contributed by atoms with E-state index in [1.807, 2.05) is 12.1 Å². The molecule has 3 N–H and O–H groups in total. The van der Waals surface area contributed by atoms with Crippen LogP contribution < -0.4 is 11.1 Å². The van der Waals surface area contributed by atoms with Gasteiger partial charge in [-0.1, -0.05) is 35.9 Å². The van der Waals surface area contributed by atoms with Crippen LogP contribution in [-0.4, -0.2) is 0 Å². The van der Waals surface area contributed by atoms with E-state index in [-0.39, 0.29) is 0 Å². The van der Waals surface area contributed by atoms with Gasteiger partial charge in [-0.15, -0.1) is 11.3 Å². The summed E-state index contributed by atoms with van der Waals surface area (Å²) < 4.78 is 0.806. The van der Waals surface area contributed by atoms with Gasteiger partial charge in [-0.25, -0.2) is 0 Å². The molecule has 0 saturated heterocycles. The second-order valence-corrected chi connectivity index (χ2v) is 5.19. The molecule has 0 aliphatic heterocycles. The van der Waals surface area contributed by atoms with E-state index in [1.54, 1.807) is 11.3 Å². The standard InChI is InChI=1S/C12H13ClN2S/c13-11-5-6-12(16-11)15-8-10-3-1-9(7-14)2-4-10/h1-6,15H,7-8,14H2. The topological polar surface area (TPSA) is 38.0 Å². The Balaban J connectivity index is 1.94. The first-order valence-electron chi connectivity index (χ1n) is 5.05. The zero-order valence-electron chi connectivity index (χ0n) is 8.74. The lowest BCUT2D eigenvalue weighted by Gasteiger charge is -2.04. The fraction of sp³-hybridized carbons (Fsp3) is 0.167. The number of hydrogen-bond acceptors (Lipinski definition) is 3. The summed E-state index contributed by atoms with van der Waals surface area (Å²) in [5, 5.41) is 4.41. The lowest BCUT2D eigenvalue weighted by molar-refractivity contribution is 1.06. The first-order valence-corrected chi connectivity index (χ1v) is 6.24. The highest BCUT2D eigenvalue weighted by Crippen LogP contribution is 2.26. The van der Waals surface area contributed by atoms with Gasteiger partial charge in [-0.05, 0) is 23.3 Å². The summed E-state index contributed by atoms with van der Waals surface area (Å²) >= 11 is 7.40. The van der Waals surface area contributed by atoms with Gasteiger partial charge in [0.1, 0.15) is 0 Å². The Labute approximate surface area is 104 Å². The van der Waals surface area contributed by atoms with Gasteiger partial charge < -0.3 is 11.1 Å². The van der Waals surface area contributed by atoms with Crippen molar-refractivity contribution in [3.05, 3.63) is 51.9 Å². The van der Waals surface area contributed by atoms with Crippen molar-refractivity contribution in [3.8, 4) is 0 Å². The predicted octanol–water partition coefficient (Wildman–Crippen LogP) is 3.47. The van der Waals surface area contributed by atoms with Crippen LogP contribution in [0.15, 0.2) is 36.4 Å². The van der Waals surface area contributed by atoms with Gasteiger partial charge in [-0.3, -0.25) is 0 Å². The van der Waals surface area contributed by atoms with Crippen LogP contribution in [0, 0.1) is 0 Å². The molecule has 4 heteroatoms. The molecule has 0 unspecified atom stereocenters. The third kappa shape index (κ3) is 2.98. The van der Waals surface area contributed by atoms with Crippen LogP contribution >= 0.6 is 22.9 Å². The molecule has 0 spiro atoms. The van der Waals surface area contributed by atoms with Crippen molar-refractivity contribution in [2.45, 2.75) is 13.1 Å². The van der Waals surface area contributed by atoms with Crippen molar-refractivity contribution >= 4 is 27.9 Å². The van der Waals surface area contributed by atoms with Gasteiger partial charge in [0.05, 0.1) is 9.34 Å². The molecule has 0 aliphatic rings. The molecular weight excluding hydrogens is 240 g/mol. The molecule has 0 bridgehead atoms. The van der Waals surface area contributed by atoms with Crippen LogP contribution in [0.5, 0.6) is 0 Å². The highest BCUT2D eigenvalue weighted by atomic mass is 35.5. The summed E-state index contributed by atoms with van der Waals surface area (Å²) in [6.07, 6.45) is 0. The molecule has 0 saturated carbocycles. The normalized spacial score (nSPS) is 10.4. The predicted molar refractivity (Wildman–Crippen MR) is 71.0 cm³/mol. The Morgan fingerprint density at radius 3 is 2.31 bits per heavy atom. The minimum atomic E-state index is 0.592. The number of benzene rings is 1. The lowest BCUT2D eigenvalue weighted by atomic mass is 10.1. The molecule has 0 radical (unpaired) electrons. The number of rotatable bonds is 4. The molecular formula is C12H13ClN2S. The maximum Gasteiger partial charge on any atom is 0.0950 e. The Kier molecular flexibility index (Phi) is 3.83. The van der Waals surface area contributed by atoms with Crippen molar-refractivity contribution < 1.29 is 0 Å². The van der Waals surface area contributed by atoms with Crippen LogP contribution in [0.25, 0.3) is 0 Å². The number of anilines is 1. The van der Waals surface area contributed by atoms with Gasteiger partial charge in [0.15, 0.2) is 0 Å². The largest absolute Gasteiger partial charge is 0.373 e. The third-order valence-electron chi connectivity index (χ3n) is 2.30. The number of halogens is 1. The van der Waals surface area contributed by atoms with Crippen molar-refractivity contribution in [2.24, 2.45) is 5.73 Å². The zero-order chi connectivity index (χ0) is 11.4. The highest BCUT2D eigenvalue weighted by molar-refractivity contribution is 7.19. The fourth-order valence-electron chi connectivity index (χ4n) is 1.39. The quantitative estimate of drug-likeness (QED) is 0.875. The molecule has 0 fully saturated rings. The van der Waals surface area contributed by atoms with Crippen molar-refractivity contribution in [2.75, 3.05) is 5.32 Å². The highest BCUT2D eigenvalue weighted by Gasteiger charge is 1.97. The Hall–Kier alpha value is -1.03. The van der Waals surface area contributed by atoms with E-state index in [2.05, 4.69) is 29.6 Å². The van der Waals surface area contributed by atoms with Gasteiger partial charge in [0.2, 0.25) is 0 Å². The third-order valence-corrected chi connectivity index (χ3v) is 3.49. The van der Waals surface area contributed by atoms with Crippen LogP contribution in [0.4, 0.5) is 5.00 Å². The molecule has 2 aromatic rings. The maximum absolute atomic E-state index is 5.85. The maximum atomic E-state index is 5.85. The Bertz CT molecular complexity index is 450. The van der Waals surface area contributed by atoms with Crippen LogP contribution in [-0.2, 0) is 13.1 Å². The molecule has 84 valence electrons. The zero-order valence-corrected chi connectivity index (χ0v) is 10.3.